The molecule has 0 aromatic carbocycles. The Hall–Kier alpha value is -1.11. The minimum atomic E-state index is -5.69. The Bertz CT molecular complexity index is 317. The lowest BCUT2D eigenvalue weighted by molar-refractivity contribution is -0.300. The second-order valence-electron chi connectivity index (χ2n) is 3.39. The lowest BCUT2D eigenvalue weighted by Gasteiger charge is -2.36. The molecule has 7 heteroatoms. The van der Waals surface area contributed by atoms with E-state index in [2.05, 4.69) is 0 Å². The monoisotopic (exact) mass is 228 g/mol. The smallest absolute Gasteiger partial charge is 0.402 e. The third-order valence-corrected chi connectivity index (χ3v) is 2.14. The minimum absolute atomic E-state index is 0.107. The summed E-state index contributed by atoms with van der Waals surface area (Å²) in [5.74, 6) is -5.00. The predicted molar refractivity (Wildman–Crippen MR) is 43.9 cm³/mol. The molecule has 2 nitrogen and oxygen atoms in total. The van der Waals surface area contributed by atoms with Crippen LogP contribution in [0.1, 0.15) is 6.42 Å². The first-order chi connectivity index (χ1) is 6.60. The molecule has 0 saturated carbocycles. The van der Waals surface area contributed by atoms with Gasteiger partial charge in [0.25, 0.3) is 0 Å². The maximum absolute atomic E-state index is 13.0. The van der Waals surface area contributed by atoms with Gasteiger partial charge >= 0.3 is 12.1 Å². The fraction of sp³-hybridized carbons (Fsp3) is 0.500. The molecule has 0 radical (unpaired) electrons. The fourth-order valence-corrected chi connectivity index (χ4v) is 1.28. The Balaban J connectivity index is 3.08. The molecule has 0 fully saturated rings. The van der Waals surface area contributed by atoms with Crippen molar-refractivity contribution in [1.29, 1.82) is 0 Å². The highest BCUT2D eigenvalue weighted by atomic mass is 19.4. The van der Waals surface area contributed by atoms with E-state index in [0.717, 1.165) is 6.08 Å². The van der Waals surface area contributed by atoms with Crippen LogP contribution in [0.25, 0.3) is 0 Å². The van der Waals surface area contributed by atoms with Crippen LogP contribution in [-0.2, 0) is 0 Å². The van der Waals surface area contributed by atoms with Crippen LogP contribution in [0.2, 0.25) is 0 Å². The number of hydrogen-bond acceptors (Lipinski definition) is 2. The molecule has 0 aromatic heterocycles. The number of nitrogens with two attached hydrogens (primary N) is 2. The summed E-state index contributed by atoms with van der Waals surface area (Å²) in [7, 11) is 0. The van der Waals surface area contributed by atoms with Gasteiger partial charge in [-0.25, -0.2) is 0 Å². The molecule has 1 unspecified atom stereocenters. The first kappa shape index (κ1) is 12.0. The zero-order valence-electron chi connectivity index (χ0n) is 7.48. The van der Waals surface area contributed by atoms with Crippen LogP contribution >= 0.6 is 0 Å². The maximum Gasteiger partial charge on any atom is 0.455 e. The molecule has 0 spiro atoms. The summed E-state index contributed by atoms with van der Waals surface area (Å²) in [5.41, 5.74) is 7.31. The molecule has 0 heterocycles. The number of alkyl halides is 5. The highest BCUT2D eigenvalue weighted by molar-refractivity contribution is 5.29. The number of hydrogen-bond donors (Lipinski definition) is 2. The van der Waals surface area contributed by atoms with E-state index in [1.165, 1.54) is 6.08 Å². The van der Waals surface area contributed by atoms with Crippen LogP contribution in [0.5, 0.6) is 0 Å². The van der Waals surface area contributed by atoms with E-state index in [-0.39, 0.29) is 5.70 Å². The van der Waals surface area contributed by atoms with Gasteiger partial charge in [0, 0.05) is 12.1 Å². The molecule has 4 N–H and O–H groups in total. The van der Waals surface area contributed by atoms with Crippen LogP contribution in [-0.4, -0.2) is 17.6 Å². The molecule has 86 valence electrons. The lowest BCUT2D eigenvalue weighted by atomic mass is 9.84. The van der Waals surface area contributed by atoms with Crippen molar-refractivity contribution in [3.8, 4) is 0 Å². The Morgan fingerprint density at radius 1 is 1.20 bits per heavy atom. The van der Waals surface area contributed by atoms with E-state index in [4.69, 9.17) is 11.5 Å². The topological polar surface area (TPSA) is 52.0 Å². The van der Waals surface area contributed by atoms with E-state index >= 15 is 0 Å². The van der Waals surface area contributed by atoms with Gasteiger partial charge in [-0.15, -0.1) is 0 Å². The molecule has 15 heavy (non-hydrogen) atoms. The van der Waals surface area contributed by atoms with Gasteiger partial charge in [0.1, 0.15) is 5.54 Å². The molecule has 1 aliphatic rings. The van der Waals surface area contributed by atoms with Gasteiger partial charge in [-0.1, -0.05) is 12.2 Å². The SMILES string of the molecule is NC1=CC=CC(N)(C(F)(F)C(F)(F)F)C1. The van der Waals surface area contributed by atoms with Crippen molar-refractivity contribution >= 4 is 0 Å². The van der Waals surface area contributed by atoms with Crippen LogP contribution in [0, 0.1) is 0 Å². The van der Waals surface area contributed by atoms with E-state index in [1.54, 1.807) is 0 Å². The first-order valence-electron chi connectivity index (χ1n) is 3.97. The van der Waals surface area contributed by atoms with Gasteiger partial charge < -0.3 is 11.5 Å². The molecule has 1 atom stereocenters. The van der Waals surface area contributed by atoms with Gasteiger partial charge in [-0.3, -0.25) is 0 Å². The molecule has 1 aliphatic carbocycles. The summed E-state index contributed by atoms with van der Waals surface area (Å²) in [4.78, 5) is 0. The van der Waals surface area contributed by atoms with E-state index in [1.807, 2.05) is 0 Å². The van der Waals surface area contributed by atoms with Crippen LogP contribution < -0.4 is 11.5 Å². The largest absolute Gasteiger partial charge is 0.455 e. The van der Waals surface area contributed by atoms with Gasteiger partial charge in [0.15, 0.2) is 0 Å². The summed E-state index contributed by atoms with van der Waals surface area (Å²) in [6.07, 6.45) is -3.56. The van der Waals surface area contributed by atoms with Crippen molar-refractivity contribution in [3.63, 3.8) is 0 Å². The van der Waals surface area contributed by atoms with Crippen molar-refractivity contribution in [1.82, 2.24) is 0 Å². The van der Waals surface area contributed by atoms with Crippen LogP contribution in [0.4, 0.5) is 22.0 Å². The fourth-order valence-electron chi connectivity index (χ4n) is 1.28. The average molecular weight is 228 g/mol. The van der Waals surface area contributed by atoms with Gasteiger partial charge in [-0.05, 0) is 6.08 Å². The number of halogens is 5. The molecule has 0 aliphatic heterocycles. The molecule has 0 amide bonds. The minimum Gasteiger partial charge on any atom is -0.402 e. The molecular weight excluding hydrogens is 219 g/mol. The van der Waals surface area contributed by atoms with Crippen molar-refractivity contribution in [3.05, 3.63) is 23.9 Å². The van der Waals surface area contributed by atoms with Crippen LogP contribution in [0.15, 0.2) is 23.9 Å². The second-order valence-corrected chi connectivity index (χ2v) is 3.39. The van der Waals surface area contributed by atoms with Crippen molar-refractivity contribution in [2.24, 2.45) is 11.5 Å². The van der Waals surface area contributed by atoms with Gasteiger partial charge in [0.2, 0.25) is 0 Å². The maximum atomic E-state index is 13.0. The first-order valence-corrected chi connectivity index (χ1v) is 3.97. The highest BCUT2D eigenvalue weighted by Gasteiger charge is 2.67. The standard InChI is InChI=1S/C8H9F5N2/c9-7(10,8(11,12)13)6(15)3-1-2-5(14)4-6/h1-3H,4,14-15H2. The Morgan fingerprint density at radius 3 is 2.13 bits per heavy atom. The Labute approximate surface area is 82.4 Å². The predicted octanol–water partition coefficient (Wildman–Crippen LogP) is 1.68. The van der Waals surface area contributed by atoms with E-state index < -0.39 is 24.1 Å². The van der Waals surface area contributed by atoms with Crippen LogP contribution in [0.3, 0.4) is 0 Å². The molecule has 0 saturated heterocycles. The summed E-state index contributed by atoms with van der Waals surface area (Å²) in [6, 6.07) is 0. The third-order valence-electron chi connectivity index (χ3n) is 2.14. The third kappa shape index (κ3) is 1.83. The summed E-state index contributed by atoms with van der Waals surface area (Å²) < 4.78 is 62.2. The summed E-state index contributed by atoms with van der Waals surface area (Å²) in [5, 5.41) is 0. The quantitative estimate of drug-likeness (QED) is 0.671. The number of allylic oxidation sites excluding steroid dienone is 2. The molecule has 1 rings (SSSR count). The normalized spacial score (nSPS) is 27.7. The summed E-state index contributed by atoms with van der Waals surface area (Å²) in [6.45, 7) is 0. The molecule has 0 aromatic rings. The van der Waals surface area contributed by atoms with E-state index in [9.17, 15) is 22.0 Å². The Morgan fingerprint density at radius 2 is 1.73 bits per heavy atom. The van der Waals surface area contributed by atoms with Crippen molar-refractivity contribution in [2.75, 3.05) is 0 Å². The highest BCUT2D eigenvalue weighted by Crippen LogP contribution is 2.45. The van der Waals surface area contributed by atoms with Gasteiger partial charge in [0.05, 0.1) is 0 Å². The molecular formula is C8H9F5N2. The second kappa shape index (κ2) is 3.19. The summed E-state index contributed by atoms with van der Waals surface area (Å²) >= 11 is 0. The van der Waals surface area contributed by atoms with Crippen molar-refractivity contribution in [2.45, 2.75) is 24.1 Å². The van der Waals surface area contributed by atoms with E-state index in [0.29, 0.717) is 6.08 Å². The number of rotatable bonds is 1. The zero-order chi connectivity index (χ0) is 11.9. The average Bonchev–Trinajstić information content (AvgIpc) is 2.01. The molecule has 0 bridgehead atoms. The van der Waals surface area contributed by atoms with Crippen molar-refractivity contribution < 1.29 is 22.0 Å². The van der Waals surface area contributed by atoms with Gasteiger partial charge in [-0.2, -0.15) is 22.0 Å². The Kier molecular flexibility index (Phi) is 2.55. The zero-order valence-corrected chi connectivity index (χ0v) is 7.48. The lowest BCUT2D eigenvalue weighted by Crippen LogP contribution is -2.62.